The highest BCUT2D eigenvalue weighted by molar-refractivity contribution is 5.94. The molecule has 0 spiro atoms. The monoisotopic (exact) mass is 850 g/mol. The molecule has 316 valence electrons. The van der Waals surface area contributed by atoms with Crippen LogP contribution in [-0.2, 0) is 20.6 Å². The van der Waals surface area contributed by atoms with E-state index in [2.05, 4.69) is 261 Å². The van der Waals surface area contributed by atoms with Gasteiger partial charge in [-0.2, -0.15) is 4.57 Å². The summed E-state index contributed by atoms with van der Waals surface area (Å²) in [7, 11) is 4.33. The van der Waals surface area contributed by atoms with Gasteiger partial charge in [-0.05, 0) is 136 Å². The minimum atomic E-state index is 0.877. The lowest BCUT2D eigenvalue weighted by Crippen LogP contribution is -2.31. The standard InChI is InChI=1S/C63H52N3/c1-42-18-6-9-21-51(42)61-32-30-46(38-64(61)4)53-23-12-14-25-55(53)48-35-49(56-26-15-13-24-54(56)47-31-33-62-58-28-11-8-20-45(58)39-66(62)40-47)37-50(36-48)57-27-16-17-29-59(57)60-41-65(5)63(34-44(60)3)52-22-10-7-19-43(52)2/h6-38,40-41H,39H2,1-5H3/q+3. The number of benzene rings is 7. The van der Waals surface area contributed by atoms with Crippen LogP contribution in [0.15, 0.2) is 213 Å². The van der Waals surface area contributed by atoms with Crippen molar-refractivity contribution in [3.8, 4) is 101 Å². The van der Waals surface area contributed by atoms with Gasteiger partial charge in [-0.15, -0.1) is 0 Å². The molecule has 0 unspecified atom stereocenters. The normalized spacial score (nSPS) is 11.7. The van der Waals surface area contributed by atoms with Gasteiger partial charge in [-0.25, -0.2) is 9.13 Å². The molecular formula is C63H52N3+3. The van der Waals surface area contributed by atoms with E-state index in [4.69, 9.17) is 0 Å². The predicted octanol–water partition coefficient (Wildman–Crippen LogP) is 13.9. The maximum Gasteiger partial charge on any atom is 0.213 e. The number of aromatic nitrogens is 3. The van der Waals surface area contributed by atoms with Crippen LogP contribution in [0, 0.1) is 20.8 Å². The Morgan fingerprint density at radius 2 is 0.697 bits per heavy atom. The first-order valence-electron chi connectivity index (χ1n) is 23.0. The molecule has 11 rings (SSSR count). The lowest BCUT2D eigenvalue weighted by molar-refractivity contribution is -0.671. The molecule has 3 aromatic heterocycles. The van der Waals surface area contributed by atoms with Gasteiger partial charge >= 0.3 is 0 Å². The SMILES string of the molecule is Cc1cc(-c2ccccc2C)[n+](C)cc1-c1ccccc1-c1cc(-c2ccccc2-c2ccc(-c3ccccc3C)[n+](C)c2)cc(-c2ccccc2-c2ccc3[n+](c2)Cc2ccccc2-3)c1. The molecule has 0 atom stereocenters. The van der Waals surface area contributed by atoms with Crippen molar-refractivity contribution in [1.29, 1.82) is 0 Å². The lowest BCUT2D eigenvalue weighted by atomic mass is 9.86. The molecule has 66 heavy (non-hydrogen) atoms. The van der Waals surface area contributed by atoms with Crippen molar-refractivity contribution in [2.45, 2.75) is 27.3 Å². The number of pyridine rings is 3. The molecule has 0 fully saturated rings. The Labute approximate surface area is 388 Å². The second-order valence-electron chi connectivity index (χ2n) is 17.9. The average Bonchev–Trinajstić information content (AvgIpc) is 3.73. The van der Waals surface area contributed by atoms with Gasteiger partial charge in [0.2, 0.25) is 17.1 Å². The Morgan fingerprint density at radius 3 is 1.24 bits per heavy atom. The fourth-order valence-electron chi connectivity index (χ4n) is 10.3. The molecule has 0 bridgehead atoms. The van der Waals surface area contributed by atoms with E-state index < -0.39 is 0 Å². The van der Waals surface area contributed by atoms with Crippen LogP contribution in [0.3, 0.4) is 0 Å². The molecule has 0 saturated carbocycles. The molecule has 0 aliphatic carbocycles. The third-order valence-corrected chi connectivity index (χ3v) is 13.7. The van der Waals surface area contributed by atoms with E-state index in [0.29, 0.717) is 0 Å². The highest BCUT2D eigenvalue weighted by atomic mass is 15.0. The van der Waals surface area contributed by atoms with Crippen LogP contribution < -0.4 is 13.7 Å². The number of aryl methyl sites for hydroxylation is 5. The van der Waals surface area contributed by atoms with Crippen molar-refractivity contribution in [2.24, 2.45) is 14.1 Å². The van der Waals surface area contributed by atoms with Crippen LogP contribution in [0.1, 0.15) is 22.3 Å². The van der Waals surface area contributed by atoms with Gasteiger partial charge in [0, 0.05) is 51.6 Å². The van der Waals surface area contributed by atoms with Gasteiger partial charge in [0.1, 0.15) is 14.1 Å². The Hall–Kier alpha value is -8.01. The number of nitrogens with zero attached hydrogens (tertiary/aromatic N) is 3. The summed E-state index contributed by atoms with van der Waals surface area (Å²) in [5.74, 6) is 0. The summed E-state index contributed by atoms with van der Waals surface area (Å²) < 4.78 is 6.96. The summed E-state index contributed by atoms with van der Waals surface area (Å²) >= 11 is 0. The minimum Gasteiger partial charge on any atom is -0.200 e. The van der Waals surface area contributed by atoms with Crippen molar-refractivity contribution in [3.05, 3.63) is 235 Å². The minimum absolute atomic E-state index is 0.877. The summed E-state index contributed by atoms with van der Waals surface area (Å²) in [5.41, 5.74) is 26.9. The number of hydrogen-bond donors (Lipinski definition) is 0. The van der Waals surface area contributed by atoms with Gasteiger partial charge < -0.3 is 0 Å². The van der Waals surface area contributed by atoms with Crippen molar-refractivity contribution < 1.29 is 13.7 Å². The zero-order valence-corrected chi connectivity index (χ0v) is 38.3. The van der Waals surface area contributed by atoms with E-state index in [9.17, 15) is 0 Å². The number of hydrogen-bond acceptors (Lipinski definition) is 0. The third kappa shape index (κ3) is 7.33. The topological polar surface area (TPSA) is 11.6 Å². The van der Waals surface area contributed by atoms with E-state index in [1.165, 1.54) is 123 Å². The van der Waals surface area contributed by atoms with Gasteiger partial charge in [-0.3, -0.25) is 0 Å². The molecule has 0 amide bonds. The molecule has 1 aliphatic rings. The van der Waals surface area contributed by atoms with Gasteiger partial charge in [0.05, 0.1) is 5.56 Å². The summed E-state index contributed by atoms with van der Waals surface area (Å²) in [5, 5.41) is 0. The quantitative estimate of drug-likeness (QED) is 0.135. The molecular weight excluding hydrogens is 799 g/mol. The molecule has 10 aromatic rings. The highest BCUT2D eigenvalue weighted by Crippen LogP contribution is 2.43. The van der Waals surface area contributed by atoms with E-state index in [1.807, 2.05) is 0 Å². The van der Waals surface area contributed by atoms with Crippen molar-refractivity contribution in [2.75, 3.05) is 0 Å². The Balaban J connectivity index is 1.09. The average molecular weight is 851 g/mol. The molecule has 0 radical (unpaired) electrons. The molecule has 0 N–H and O–H groups in total. The van der Waals surface area contributed by atoms with Crippen molar-refractivity contribution >= 4 is 0 Å². The van der Waals surface area contributed by atoms with E-state index in [0.717, 1.165) is 6.54 Å². The third-order valence-electron chi connectivity index (χ3n) is 13.7. The van der Waals surface area contributed by atoms with E-state index in [-0.39, 0.29) is 0 Å². The maximum absolute atomic E-state index is 2.41. The molecule has 3 nitrogen and oxygen atoms in total. The van der Waals surface area contributed by atoms with Crippen LogP contribution in [0.4, 0.5) is 0 Å². The molecule has 4 heterocycles. The second-order valence-corrected chi connectivity index (χ2v) is 17.9. The fraction of sp³-hybridized carbons (Fsp3) is 0.0952. The van der Waals surface area contributed by atoms with Crippen LogP contribution >= 0.6 is 0 Å². The zero-order chi connectivity index (χ0) is 44.9. The van der Waals surface area contributed by atoms with Gasteiger partial charge in [0.25, 0.3) is 0 Å². The zero-order valence-electron chi connectivity index (χ0n) is 38.3. The molecule has 7 aromatic carbocycles. The fourth-order valence-corrected chi connectivity index (χ4v) is 10.3. The van der Waals surface area contributed by atoms with Crippen LogP contribution in [0.5, 0.6) is 0 Å². The first-order valence-corrected chi connectivity index (χ1v) is 23.0. The highest BCUT2D eigenvalue weighted by Gasteiger charge is 2.27. The van der Waals surface area contributed by atoms with Crippen LogP contribution in [0.25, 0.3) is 101 Å². The summed E-state index contributed by atoms with van der Waals surface area (Å²) in [6, 6.07) is 71.5. The summed E-state index contributed by atoms with van der Waals surface area (Å²) in [6.07, 6.45) is 6.94. The van der Waals surface area contributed by atoms with Gasteiger partial charge in [0.15, 0.2) is 25.1 Å². The Kier molecular flexibility index (Phi) is 10.4. The van der Waals surface area contributed by atoms with E-state index in [1.54, 1.807) is 0 Å². The molecule has 0 saturated heterocycles. The van der Waals surface area contributed by atoms with Crippen molar-refractivity contribution in [1.82, 2.24) is 0 Å². The maximum atomic E-state index is 2.41. The largest absolute Gasteiger partial charge is 0.213 e. The smallest absolute Gasteiger partial charge is 0.200 e. The van der Waals surface area contributed by atoms with E-state index >= 15 is 0 Å². The molecule has 1 aliphatic heterocycles. The van der Waals surface area contributed by atoms with Crippen LogP contribution in [-0.4, -0.2) is 0 Å². The lowest BCUT2D eigenvalue weighted by Gasteiger charge is -2.18. The van der Waals surface area contributed by atoms with Crippen molar-refractivity contribution in [3.63, 3.8) is 0 Å². The Bertz CT molecular complexity index is 3520. The second kappa shape index (κ2) is 16.8. The molecule has 3 heteroatoms. The first kappa shape index (κ1) is 40.7. The van der Waals surface area contributed by atoms with Crippen LogP contribution in [0.2, 0.25) is 0 Å². The first-order chi connectivity index (χ1) is 32.3. The summed E-state index contributed by atoms with van der Waals surface area (Å²) in [6.45, 7) is 7.50. The number of fused-ring (bicyclic) bond motifs is 3. The number of rotatable bonds is 8. The van der Waals surface area contributed by atoms with Gasteiger partial charge in [-0.1, -0.05) is 127 Å². The Morgan fingerprint density at radius 1 is 0.288 bits per heavy atom. The predicted molar refractivity (Wildman–Crippen MR) is 271 cm³/mol. The summed E-state index contributed by atoms with van der Waals surface area (Å²) in [4.78, 5) is 0.